The second kappa shape index (κ2) is 4.20. The third-order valence-corrected chi connectivity index (χ3v) is 2.98. The highest BCUT2D eigenvalue weighted by Crippen LogP contribution is 2.20. The van der Waals surface area contributed by atoms with Gasteiger partial charge in [-0.1, -0.05) is 29.0 Å². The summed E-state index contributed by atoms with van der Waals surface area (Å²) in [5.74, 6) is -0.985. The Morgan fingerprint density at radius 1 is 1.16 bits per heavy atom. The highest BCUT2D eigenvalue weighted by Gasteiger charge is 2.15. The van der Waals surface area contributed by atoms with Crippen molar-refractivity contribution >= 4 is 17.0 Å². The van der Waals surface area contributed by atoms with Crippen LogP contribution in [-0.2, 0) is 0 Å². The Morgan fingerprint density at radius 2 is 1.89 bits per heavy atom. The Balaban J connectivity index is 2.30. The number of carboxylic acid groups (broad SMARTS) is 1. The van der Waals surface area contributed by atoms with Gasteiger partial charge in [0, 0.05) is 0 Å². The summed E-state index contributed by atoms with van der Waals surface area (Å²) in [6.45, 7) is 1.99. The van der Waals surface area contributed by atoms with Crippen LogP contribution in [0.3, 0.4) is 0 Å². The van der Waals surface area contributed by atoms with Gasteiger partial charge in [0.15, 0.2) is 0 Å². The van der Waals surface area contributed by atoms with Gasteiger partial charge in [-0.05, 0) is 31.2 Å². The van der Waals surface area contributed by atoms with Crippen molar-refractivity contribution in [1.29, 1.82) is 0 Å². The average Bonchev–Trinajstić information content (AvgIpc) is 2.83. The zero-order valence-corrected chi connectivity index (χ0v) is 10.2. The van der Waals surface area contributed by atoms with E-state index in [1.54, 1.807) is 22.9 Å². The van der Waals surface area contributed by atoms with E-state index in [1.165, 1.54) is 0 Å². The lowest BCUT2D eigenvalue weighted by Gasteiger charge is -2.04. The molecule has 0 bridgehead atoms. The largest absolute Gasteiger partial charge is 0.478 e. The normalized spacial score (nSPS) is 10.8. The monoisotopic (exact) mass is 253 g/mol. The molecule has 1 heterocycles. The van der Waals surface area contributed by atoms with Crippen molar-refractivity contribution in [3.8, 4) is 5.69 Å². The third-order valence-electron chi connectivity index (χ3n) is 2.98. The number of aromatic carboxylic acids is 1. The molecule has 1 aromatic heterocycles. The second-order valence-corrected chi connectivity index (χ2v) is 4.32. The summed E-state index contributed by atoms with van der Waals surface area (Å²) in [6.07, 6.45) is 0. The van der Waals surface area contributed by atoms with Crippen LogP contribution >= 0.6 is 0 Å². The van der Waals surface area contributed by atoms with Crippen molar-refractivity contribution in [2.75, 3.05) is 0 Å². The van der Waals surface area contributed by atoms with Gasteiger partial charge in [-0.2, -0.15) is 0 Å². The fourth-order valence-electron chi connectivity index (χ4n) is 2.01. The Bertz CT molecular complexity index is 760. The second-order valence-electron chi connectivity index (χ2n) is 4.32. The molecule has 0 saturated heterocycles. The van der Waals surface area contributed by atoms with Gasteiger partial charge in [-0.25, -0.2) is 9.48 Å². The third kappa shape index (κ3) is 1.85. The minimum atomic E-state index is -0.985. The first-order valence-electron chi connectivity index (χ1n) is 5.81. The van der Waals surface area contributed by atoms with Crippen molar-refractivity contribution in [3.63, 3.8) is 0 Å². The van der Waals surface area contributed by atoms with Crippen LogP contribution in [-0.4, -0.2) is 26.1 Å². The van der Waals surface area contributed by atoms with Crippen LogP contribution in [0.25, 0.3) is 16.7 Å². The SMILES string of the molecule is Cc1ccc(-n2nnc3cccc(C(=O)O)c32)cc1. The molecule has 5 nitrogen and oxygen atoms in total. The molecule has 0 saturated carbocycles. The highest BCUT2D eigenvalue weighted by molar-refractivity contribution is 6.01. The molecule has 3 rings (SSSR count). The average molecular weight is 253 g/mol. The maximum Gasteiger partial charge on any atom is 0.337 e. The van der Waals surface area contributed by atoms with Crippen LogP contribution in [0.1, 0.15) is 15.9 Å². The lowest BCUT2D eigenvalue weighted by molar-refractivity contribution is 0.0698. The number of para-hydroxylation sites is 1. The molecule has 0 fully saturated rings. The molecule has 0 spiro atoms. The van der Waals surface area contributed by atoms with Crippen LogP contribution < -0.4 is 0 Å². The van der Waals surface area contributed by atoms with Crippen LogP contribution in [0.5, 0.6) is 0 Å². The summed E-state index contributed by atoms with van der Waals surface area (Å²) in [4.78, 5) is 11.3. The first-order chi connectivity index (χ1) is 9.16. The first-order valence-corrected chi connectivity index (χ1v) is 5.81. The molecule has 0 aliphatic rings. The van der Waals surface area contributed by atoms with E-state index in [-0.39, 0.29) is 5.56 Å². The van der Waals surface area contributed by atoms with Crippen LogP contribution in [0.2, 0.25) is 0 Å². The molecule has 0 aliphatic carbocycles. The van der Waals surface area contributed by atoms with E-state index in [0.717, 1.165) is 11.3 Å². The number of hydrogen-bond acceptors (Lipinski definition) is 3. The number of fused-ring (bicyclic) bond motifs is 1. The number of benzene rings is 2. The summed E-state index contributed by atoms with van der Waals surface area (Å²) >= 11 is 0. The molecule has 2 aromatic carbocycles. The van der Waals surface area contributed by atoms with Crippen molar-refractivity contribution < 1.29 is 9.90 Å². The summed E-state index contributed by atoms with van der Waals surface area (Å²) in [5.41, 5.74) is 3.20. The first kappa shape index (κ1) is 11.4. The van der Waals surface area contributed by atoms with Gasteiger partial charge >= 0.3 is 5.97 Å². The molecule has 5 heteroatoms. The molecule has 0 unspecified atom stereocenters. The standard InChI is InChI=1S/C14H11N3O2/c1-9-5-7-10(8-6-9)17-13-11(14(18)19)3-2-4-12(13)15-16-17/h2-8H,1H3,(H,18,19). The Morgan fingerprint density at radius 3 is 2.58 bits per heavy atom. The van der Waals surface area contributed by atoms with E-state index in [2.05, 4.69) is 10.3 Å². The van der Waals surface area contributed by atoms with E-state index in [0.29, 0.717) is 11.0 Å². The van der Waals surface area contributed by atoms with E-state index in [9.17, 15) is 9.90 Å². The van der Waals surface area contributed by atoms with Crippen LogP contribution in [0.15, 0.2) is 42.5 Å². The highest BCUT2D eigenvalue weighted by atomic mass is 16.4. The molecule has 1 N–H and O–H groups in total. The van der Waals surface area contributed by atoms with Crippen molar-refractivity contribution in [2.45, 2.75) is 6.92 Å². The number of carboxylic acids is 1. The fourth-order valence-corrected chi connectivity index (χ4v) is 2.01. The predicted octanol–water partition coefficient (Wildman–Crippen LogP) is 2.43. The number of rotatable bonds is 2. The zero-order chi connectivity index (χ0) is 13.4. The maximum atomic E-state index is 11.3. The van der Waals surface area contributed by atoms with Crippen molar-refractivity contribution in [1.82, 2.24) is 15.0 Å². The topological polar surface area (TPSA) is 68.0 Å². The molecule has 0 atom stereocenters. The number of aromatic nitrogens is 3. The van der Waals surface area contributed by atoms with Gasteiger partial charge in [0.2, 0.25) is 0 Å². The van der Waals surface area contributed by atoms with Gasteiger partial charge in [-0.15, -0.1) is 5.10 Å². The van der Waals surface area contributed by atoms with E-state index in [4.69, 9.17) is 0 Å². The van der Waals surface area contributed by atoms with Gasteiger partial charge in [0.05, 0.1) is 11.3 Å². The van der Waals surface area contributed by atoms with E-state index < -0.39 is 5.97 Å². The quantitative estimate of drug-likeness (QED) is 0.761. The summed E-state index contributed by atoms with van der Waals surface area (Å²) in [6, 6.07) is 12.7. The van der Waals surface area contributed by atoms with Gasteiger partial charge in [0.1, 0.15) is 11.0 Å². The Hall–Kier alpha value is -2.69. The van der Waals surface area contributed by atoms with Crippen molar-refractivity contribution in [3.05, 3.63) is 53.6 Å². The molecular weight excluding hydrogens is 242 g/mol. The molecule has 0 radical (unpaired) electrons. The van der Waals surface area contributed by atoms with E-state index in [1.807, 2.05) is 31.2 Å². The zero-order valence-electron chi connectivity index (χ0n) is 10.2. The maximum absolute atomic E-state index is 11.3. The smallest absolute Gasteiger partial charge is 0.337 e. The fraction of sp³-hybridized carbons (Fsp3) is 0.0714. The minimum Gasteiger partial charge on any atom is -0.478 e. The number of carbonyl (C=O) groups is 1. The van der Waals surface area contributed by atoms with Gasteiger partial charge < -0.3 is 5.11 Å². The molecular formula is C14H11N3O2. The lowest BCUT2D eigenvalue weighted by atomic mass is 10.1. The van der Waals surface area contributed by atoms with Crippen LogP contribution in [0.4, 0.5) is 0 Å². The molecule has 0 amide bonds. The Labute approximate surface area is 109 Å². The molecule has 0 aliphatic heterocycles. The van der Waals surface area contributed by atoms with Crippen LogP contribution in [0, 0.1) is 6.92 Å². The van der Waals surface area contributed by atoms with Crippen molar-refractivity contribution in [2.24, 2.45) is 0 Å². The summed E-state index contributed by atoms with van der Waals surface area (Å²) in [5, 5.41) is 17.3. The summed E-state index contributed by atoms with van der Waals surface area (Å²) < 4.78 is 1.55. The predicted molar refractivity (Wildman–Crippen MR) is 70.6 cm³/mol. The number of aryl methyl sites for hydroxylation is 1. The minimum absolute atomic E-state index is 0.197. The van der Waals surface area contributed by atoms with Gasteiger partial charge in [-0.3, -0.25) is 0 Å². The van der Waals surface area contributed by atoms with Gasteiger partial charge in [0.25, 0.3) is 0 Å². The number of hydrogen-bond donors (Lipinski definition) is 1. The Kier molecular flexibility index (Phi) is 2.52. The van der Waals surface area contributed by atoms with E-state index >= 15 is 0 Å². The molecule has 19 heavy (non-hydrogen) atoms. The molecule has 3 aromatic rings. The summed E-state index contributed by atoms with van der Waals surface area (Å²) in [7, 11) is 0. The number of nitrogens with zero attached hydrogens (tertiary/aromatic N) is 3. The molecule has 94 valence electrons. The lowest BCUT2D eigenvalue weighted by Crippen LogP contribution is -2.03.